The van der Waals surface area contributed by atoms with Gasteiger partial charge in [-0.25, -0.2) is 4.68 Å². The summed E-state index contributed by atoms with van der Waals surface area (Å²) in [7, 11) is 0. The molecule has 0 amide bonds. The van der Waals surface area contributed by atoms with Crippen LogP contribution >= 0.6 is 0 Å². The number of aryl methyl sites for hydroxylation is 2. The van der Waals surface area contributed by atoms with Crippen molar-refractivity contribution in [2.24, 2.45) is 0 Å². The van der Waals surface area contributed by atoms with Crippen LogP contribution in [-0.2, 0) is 13.0 Å². The highest BCUT2D eigenvalue weighted by Gasteiger charge is 2.08. The van der Waals surface area contributed by atoms with Gasteiger partial charge >= 0.3 is 0 Å². The zero-order valence-electron chi connectivity index (χ0n) is 12.7. The average molecular weight is 269 g/mol. The Bertz CT molecular complexity index is 596. The van der Waals surface area contributed by atoms with Gasteiger partial charge in [0, 0.05) is 6.20 Å². The van der Waals surface area contributed by atoms with Gasteiger partial charge in [-0.3, -0.25) is 0 Å². The average Bonchev–Trinajstić information content (AvgIpc) is 2.88. The van der Waals surface area contributed by atoms with Gasteiger partial charge in [-0.1, -0.05) is 55.8 Å². The lowest BCUT2D eigenvalue weighted by atomic mass is 9.97. The first-order chi connectivity index (χ1) is 9.63. The SMILES string of the molecule is C=C(CC)c1cc(C)ccc1Cn1cc(CCC)nn1. The first-order valence-corrected chi connectivity index (χ1v) is 7.30. The van der Waals surface area contributed by atoms with Crippen molar-refractivity contribution in [1.82, 2.24) is 15.0 Å². The fourth-order valence-electron chi connectivity index (χ4n) is 2.31. The quantitative estimate of drug-likeness (QED) is 0.793. The molecule has 1 aromatic carbocycles. The van der Waals surface area contributed by atoms with Crippen molar-refractivity contribution < 1.29 is 0 Å². The maximum atomic E-state index is 4.22. The maximum Gasteiger partial charge on any atom is 0.0827 e. The maximum absolute atomic E-state index is 4.22. The van der Waals surface area contributed by atoms with Crippen LogP contribution in [0.2, 0.25) is 0 Å². The summed E-state index contributed by atoms with van der Waals surface area (Å²) in [5, 5.41) is 8.42. The van der Waals surface area contributed by atoms with Crippen LogP contribution in [-0.4, -0.2) is 15.0 Å². The van der Waals surface area contributed by atoms with Gasteiger partial charge in [0.15, 0.2) is 0 Å². The van der Waals surface area contributed by atoms with Crippen molar-refractivity contribution in [3.05, 3.63) is 53.4 Å². The highest BCUT2D eigenvalue weighted by Crippen LogP contribution is 2.22. The number of hydrogen-bond donors (Lipinski definition) is 0. The van der Waals surface area contributed by atoms with Crippen molar-refractivity contribution in [1.29, 1.82) is 0 Å². The molecule has 1 heterocycles. The lowest BCUT2D eigenvalue weighted by Crippen LogP contribution is -2.04. The van der Waals surface area contributed by atoms with E-state index in [-0.39, 0.29) is 0 Å². The van der Waals surface area contributed by atoms with Crippen molar-refractivity contribution >= 4 is 5.57 Å². The second-order valence-electron chi connectivity index (χ2n) is 5.28. The Labute approximate surface area is 121 Å². The van der Waals surface area contributed by atoms with Gasteiger partial charge in [-0.15, -0.1) is 5.10 Å². The molecule has 3 nitrogen and oxygen atoms in total. The van der Waals surface area contributed by atoms with E-state index in [0.717, 1.165) is 31.5 Å². The molecule has 3 heteroatoms. The van der Waals surface area contributed by atoms with E-state index in [4.69, 9.17) is 0 Å². The van der Waals surface area contributed by atoms with Gasteiger partial charge in [-0.05, 0) is 36.5 Å². The molecule has 0 aliphatic heterocycles. The highest BCUT2D eigenvalue weighted by molar-refractivity contribution is 5.66. The van der Waals surface area contributed by atoms with Gasteiger partial charge in [0.25, 0.3) is 0 Å². The summed E-state index contributed by atoms with van der Waals surface area (Å²) in [6.07, 6.45) is 5.10. The third kappa shape index (κ3) is 3.35. The molecule has 0 aliphatic carbocycles. The Morgan fingerprint density at radius 2 is 2.10 bits per heavy atom. The molecule has 0 spiro atoms. The van der Waals surface area contributed by atoms with Crippen LogP contribution < -0.4 is 0 Å². The summed E-state index contributed by atoms with van der Waals surface area (Å²) in [5.41, 5.74) is 6.02. The largest absolute Gasteiger partial charge is 0.248 e. The van der Waals surface area contributed by atoms with Crippen LogP contribution in [0.15, 0.2) is 31.0 Å². The second kappa shape index (κ2) is 6.51. The lowest BCUT2D eigenvalue weighted by Gasteiger charge is -2.12. The topological polar surface area (TPSA) is 30.7 Å². The summed E-state index contributed by atoms with van der Waals surface area (Å²) >= 11 is 0. The van der Waals surface area contributed by atoms with Crippen LogP contribution in [0.1, 0.15) is 49.1 Å². The third-order valence-corrected chi connectivity index (χ3v) is 3.50. The van der Waals surface area contributed by atoms with E-state index in [1.807, 2.05) is 10.9 Å². The van der Waals surface area contributed by atoms with E-state index in [9.17, 15) is 0 Å². The summed E-state index contributed by atoms with van der Waals surface area (Å²) in [4.78, 5) is 0. The van der Waals surface area contributed by atoms with E-state index in [2.05, 4.69) is 55.9 Å². The summed E-state index contributed by atoms with van der Waals surface area (Å²) in [6, 6.07) is 6.53. The van der Waals surface area contributed by atoms with Gasteiger partial charge in [0.05, 0.1) is 12.2 Å². The van der Waals surface area contributed by atoms with Gasteiger partial charge in [0.2, 0.25) is 0 Å². The molecule has 2 aromatic rings. The molecule has 0 unspecified atom stereocenters. The van der Waals surface area contributed by atoms with Crippen LogP contribution in [0.5, 0.6) is 0 Å². The molecule has 0 saturated heterocycles. The van der Waals surface area contributed by atoms with Crippen molar-refractivity contribution in [2.45, 2.75) is 46.6 Å². The molecule has 20 heavy (non-hydrogen) atoms. The Morgan fingerprint density at radius 1 is 1.30 bits per heavy atom. The Kier molecular flexibility index (Phi) is 4.72. The highest BCUT2D eigenvalue weighted by atomic mass is 15.4. The van der Waals surface area contributed by atoms with Crippen LogP contribution in [0.3, 0.4) is 0 Å². The van der Waals surface area contributed by atoms with Gasteiger partial charge in [-0.2, -0.15) is 0 Å². The van der Waals surface area contributed by atoms with E-state index in [1.165, 1.54) is 22.3 Å². The molecular formula is C17H23N3. The zero-order valence-corrected chi connectivity index (χ0v) is 12.7. The second-order valence-corrected chi connectivity index (χ2v) is 5.28. The first-order valence-electron chi connectivity index (χ1n) is 7.30. The molecule has 0 atom stereocenters. The lowest BCUT2D eigenvalue weighted by molar-refractivity contribution is 0.648. The molecule has 0 aliphatic rings. The molecule has 0 bridgehead atoms. The minimum absolute atomic E-state index is 0.755. The van der Waals surface area contributed by atoms with Gasteiger partial charge in [0.1, 0.15) is 0 Å². The minimum Gasteiger partial charge on any atom is -0.248 e. The molecule has 2 rings (SSSR count). The van der Waals surface area contributed by atoms with E-state index >= 15 is 0 Å². The van der Waals surface area contributed by atoms with Gasteiger partial charge < -0.3 is 0 Å². The van der Waals surface area contributed by atoms with E-state index in [0.29, 0.717) is 0 Å². The summed E-state index contributed by atoms with van der Waals surface area (Å²) in [5.74, 6) is 0. The normalized spacial score (nSPS) is 10.8. The fourth-order valence-corrected chi connectivity index (χ4v) is 2.31. The molecular weight excluding hydrogens is 246 g/mol. The molecule has 0 saturated carbocycles. The molecule has 1 aromatic heterocycles. The summed E-state index contributed by atoms with van der Waals surface area (Å²) in [6.45, 7) is 11.3. The standard InChI is InChI=1S/C17H23N3/c1-5-7-16-12-20(19-18-16)11-15-9-8-13(3)10-17(15)14(4)6-2/h8-10,12H,4-7,11H2,1-3H3. The van der Waals surface area contributed by atoms with Crippen LogP contribution in [0.25, 0.3) is 5.57 Å². The van der Waals surface area contributed by atoms with Crippen LogP contribution in [0, 0.1) is 6.92 Å². The van der Waals surface area contributed by atoms with Crippen molar-refractivity contribution in [2.75, 3.05) is 0 Å². The predicted molar refractivity (Wildman–Crippen MR) is 83.6 cm³/mol. The van der Waals surface area contributed by atoms with E-state index in [1.54, 1.807) is 0 Å². The Morgan fingerprint density at radius 3 is 2.80 bits per heavy atom. The number of nitrogens with zero attached hydrogens (tertiary/aromatic N) is 3. The molecule has 106 valence electrons. The van der Waals surface area contributed by atoms with Crippen molar-refractivity contribution in [3.63, 3.8) is 0 Å². The van der Waals surface area contributed by atoms with Crippen LogP contribution in [0.4, 0.5) is 0 Å². The zero-order chi connectivity index (χ0) is 14.5. The number of allylic oxidation sites excluding steroid dienone is 1. The van der Waals surface area contributed by atoms with E-state index < -0.39 is 0 Å². The molecule has 0 fully saturated rings. The number of hydrogen-bond acceptors (Lipinski definition) is 2. The Hall–Kier alpha value is -1.90. The third-order valence-electron chi connectivity index (χ3n) is 3.50. The smallest absolute Gasteiger partial charge is 0.0827 e. The number of rotatable bonds is 6. The predicted octanol–water partition coefficient (Wildman–Crippen LogP) is 4.01. The molecule has 0 radical (unpaired) electrons. The fraction of sp³-hybridized carbons (Fsp3) is 0.412. The minimum atomic E-state index is 0.755. The number of benzene rings is 1. The Balaban J connectivity index is 2.25. The summed E-state index contributed by atoms with van der Waals surface area (Å²) < 4.78 is 1.92. The monoisotopic (exact) mass is 269 g/mol. The van der Waals surface area contributed by atoms with Crippen molar-refractivity contribution in [3.8, 4) is 0 Å². The number of aromatic nitrogens is 3. The molecule has 0 N–H and O–H groups in total. The first kappa shape index (κ1) is 14.5.